The predicted octanol–water partition coefficient (Wildman–Crippen LogP) is 3.44. The molecule has 0 aliphatic carbocycles. The highest BCUT2D eigenvalue weighted by molar-refractivity contribution is 5.95. The van der Waals surface area contributed by atoms with Gasteiger partial charge in [-0.3, -0.25) is 4.99 Å². The van der Waals surface area contributed by atoms with Crippen LogP contribution in [0, 0.1) is 6.92 Å². The summed E-state index contributed by atoms with van der Waals surface area (Å²) in [5.41, 5.74) is 2.52. The second-order valence-corrected chi connectivity index (χ2v) is 3.95. The zero-order chi connectivity index (χ0) is 13.0. The van der Waals surface area contributed by atoms with Crippen molar-refractivity contribution in [3.05, 3.63) is 65.2 Å². The van der Waals surface area contributed by atoms with E-state index in [0.717, 1.165) is 11.1 Å². The van der Waals surface area contributed by atoms with Crippen LogP contribution in [0.2, 0.25) is 0 Å². The van der Waals surface area contributed by atoms with Crippen LogP contribution < -0.4 is 0 Å². The maximum atomic E-state index is 11.1. The van der Waals surface area contributed by atoms with E-state index in [-0.39, 0.29) is 5.56 Å². The minimum atomic E-state index is -0.959. The molecule has 3 heteroatoms. The van der Waals surface area contributed by atoms with Crippen LogP contribution in [-0.4, -0.2) is 17.3 Å². The van der Waals surface area contributed by atoms with Gasteiger partial charge in [-0.05, 0) is 24.1 Å². The number of aliphatic imine (C=N–C) groups is 1. The van der Waals surface area contributed by atoms with E-state index in [1.165, 1.54) is 0 Å². The highest BCUT2D eigenvalue weighted by atomic mass is 16.4. The number of hydrogen-bond acceptors (Lipinski definition) is 2. The fourth-order valence-electron chi connectivity index (χ4n) is 1.68. The van der Waals surface area contributed by atoms with Gasteiger partial charge in [-0.15, -0.1) is 0 Å². The van der Waals surface area contributed by atoms with Gasteiger partial charge in [-0.2, -0.15) is 0 Å². The third kappa shape index (κ3) is 2.63. The van der Waals surface area contributed by atoms with E-state index in [4.69, 9.17) is 5.11 Å². The fourth-order valence-corrected chi connectivity index (χ4v) is 1.68. The van der Waals surface area contributed by atoms with Crippen molar-refractivity contribution in [1.82, 2.24) is 0 Å². The Morgan fingerprint density at radius 1 is 1.11 bits per heavy atom. The highest BCUT2D eigenvalue weighted by Gasteiger charge is 2.10. The lowest BCUT2D eigenvalue weighted by Gasteiger charge is -2.04. The summed E-state index contributed by atoms with van der Waals surface area (Å²) in [7, 11) is 0. The number of aryl methyl sites for hydroxylation is 1. The molecule has 0 aliphatic heterocycles. The second-order valence-electron chi connectivity index (χ2n) is 3.95. The summed E-state index contributed by atoms with van der Waals surface area (Å²) in [4.78, 5) is 15.4. The maximum absolute atomic E-state index is 11.1. The first-order chi connectivity index (χ1) is 8.68. The van der Waals surface area contributed by atoms with Crippen LogP contribution in [0.15, 0.2) is 53.5 Å². The Balaban J connectivity index is 2.40. The van der Waals surface area contributed by atoms with Crippen LogP contribution >= 0.6 is 0 Å². The van der Waals surface area contributed by atoms with Crippen LogP contribution in [0.1, 0.15) is 21.5 Å². The van der Waals surface area contributed by atoms with Crippen molar-refractivity contribution in [1.29, 1.82) is 0 Å². The monoisotopic (exact) mass is 239 g/mol. The predicted molar refractivity (Wildman–Crippen MR) is 71.8 cm³/mol. The maximum Gasteiger partial charge on any atom is 0.337 e. The Kier molecular flexibility index (Phi) is 3.53. The Hall–Kier alpha value is -2.42. The second kappa shape index (κ2) is 5.27. The summed E-state index contributed by atoms with van der Waals surface area (Å²) in [5.74, 6) is -0.959. The molecule has 3 nitrogen and oxygen atoms in total. The van der Waals surface area contributed by atoms with E-state index in [1.807, 2.05) is 43.3 Å². The molecule has 0 unspecified atom stereocenters. The number of benzene rings is 2. The van der Waals surface area contributed by atoms with Crippen molar-refractivity contribution in [2.45, 2.75) is 6.92 Å². The number of carboxylic acids is 1. The number of aromatic carboxylic acids is 1. The summed E-state index contributed by atoms with van der Waals surface area (Å²) >= 11 is 0. The van der Waals surface area contributed by atoms with Gasteiger partial charge in [-0.1, -0.05) is 42.5 Å². The largest absolute Gasteiger partial charge is 0.478 e. The molecule has 2 rings (SSSR count). The molecule has 0 radical (unpaired) electrons. The summed E-state index contributed by atoms with van der Waals surface area (Å²) in [6.45, 7) is 1.85. The Morgan fingerprint density at radius 3 is 2.50 bits per heavy atom. The van der Waals surface area contributed by atoms with Crippen LogP contribution in [0.3, 0.4) is 0 Å². The van der Waals surface area contributed by atoms with Crippen molar-refractivity contribution < 1.29 is 9.90 Å². The van der Waals surface area contributed by atoms with Gasteiger partial charge in [0.1, 0.15) is 0 Å². The van der Waals surface area contributed by atoms with Crippen LogP contribution in [-0.2, 0) is 0 Å². The lowest BCUT2D eigenvalue weighted by molar-refractivity contribution is 0.0698. The summed E-state index contributed by atoms with van der Waals surface area (Å²) in [6, 6.07) is 14.7. The number of carboxylic acid groups (broad SMARTS) is 1. The van der Waals surface area contributed by atoms with Gasteiger partial charge in [0, 0.05) is 6.21 Å². The molecule has 0 fully saturated rings. The molecule has 0 bridgehead atoms. The molecule has 18 heavy (non-hydrogen) atoms. The van der Waals surface area contributed by atoms with Crippen molar-refractivity contribution in [2.75, 3.05) is 0 Å². The summed E-state index contributed by atoms with van der Waals surface area (Å²) in [6.07, 6.45) is 1.68. The van der Waals surface area contributed by atoms with Gasteiger partial charge in [0.15, 0.2) is 0 Å². The van der Waals surface area contributed by atoms with Gasteiger partial charge < -0.3 is 5.11 Å². The average molecular weight is 239 g/mol. The van der Waals surface area contributed by atoms with Gasteiger partial charge in [0.2, 0.25) is 0 Å². The number of hydrogen-bond donors (Lipinski definition) is 1. The molecule has 2 aromatic carbocycles. The van der Waals surface area contributed by atoms with E-state index in [9.17, 15) is 4.79 Å². The van der Waals surface area contributed by atoms with Gasteiger partial charge in [-0.25, -0.2) is 4.79 Å². The van der Waals surface area contributed by atoms with E-state index < -0.39 is 5.97 Å². The minimum absolute atomic E-state index is 0.224. The molecule has 0 aliphatic rings. The number of nitrogens with zero attached hydrogens (tertiary/aromatic N) is 1. The zero-order valence-electron chi connectivity index (χ0n) is 10.00. The SMILES string of the molecule is Cc1cccc(C(=O)O)c1N=Cc1ccccc1. The lowest BCUT2D eigenvalue weighted by atomic mass is 10.1. The number of para-hydroxylation sites is 1. The smallest absolute Gasteiger partial charge is 0.337 e. The van der Waals surface area contributed by atoms with Gasteiger partial charge >= 0.3 is 5.97 Å². The first kappa shape index (κ1) is 12.0. The molecule has 0 saturated heterocycles. The lowest BCUT2D eigenvalue weighted by Crippen LogP contribution is -1.97. The number of carbonyl (C=O) groups is 1. The molecule has 0 saturated carbocycles. The average Bonchev–Trinajstić information content (AvgIpc) is 2.38. The van der Waals surface area contributed by atoms with Crippen molar-refractivity contribution >= 4 is 17.9 Å². The topological polar surface area (TPSA) is 49.7 Å². The van der Waals surface area contributed by atoms with Crippen molar-refractivity contribution in [2.24, 2.45) is 4.99 Å². The summed E-state index contributed by atoms with van der Waals surface area (Å²) < 4.78 is 0. The highest BCUT2D eigenvalue weighted by Crippen LogP contribution is 2.23. The van der Waals surface area contributed by atoms with E-state index in [0.29, 0.717) is 5.69 Å². The molecule has 0 atom stereocenters. The molecule has 1 N–H and O–H groups in total. The standard InChI is InChI=1S/C15H13NO2/c1-11-6-5-9-13(15(17)18)14(11)16-10-12-7-3-2-4-8-12/h2-10H,1H3,(H,17,18). The molecule has 0 heterocycles. The fraction of sp³-hybridized carbons (Fsp3) is 0.0667. The quantitative estimate of drug-likeness (QED) is 0.834. The van der Waals surface area contributed by atoms with E-state index in [2.05, 4.69) is 4.99 Å². The van der Waals surface area contributed by atoms with Crippen LogP contribution in [0.25, 0.3) is 0 Å². The van der Waals surface area contributed by atoms with Crippen LogP contribution in [0.5, 0.6) is 0 Å². The zero-order valence-corrected chi connectivity index (χ0v) is 10.00. The minimum Gasteiger partial charge on any atom is -0.478 e. The molecule has 2 aromatic rings. The van der Waals surface area contributed by atoms with Crippen molar-refractivity contribution in [3.63, 3.8) is 0 Å². The third-order valence-corrected chi connectivity index (χ3v) is 2.61. The third-order valence-electron chi connectivity index (χ3n) is 2.61. The molecular formula is C15H13NO2. The van der Waals surface area contributed by atoms with Gasteiger partial charge in [0.25, 0.3) is 0 Å². The van der Waals surface area contributed by atoms with Crippen LogP contribution in [0.4, 0.5) is 5.69 Å². The Morgan fingerprint density at radius 2 is 1.83 bits per heavy atom. The van der Waals surface area contributed by atoms with Gasteiger partial charge in [0.05, 0.1) is 11.3 Å². The molecule has 90 valence electrons. The molecule has 0 spiro atoms. The molecule has 0 aromatic heterocycles. The van der Waals surface area contributed by atoms with E-state index >= 15 is 0 Å². The number of rotatable bonds is 3. The first-order valence-electron chi connectivity index (χ1n) is 5.60. The van der Waals surface area contributed by atoms with Crippen molar-refractivity contribution in [3.8, 4) is 0 Å². The molecular weight excluding hydrogens is 226 g/mol. The first-order valence-corrected chi connectivity index (χ1v) is 5.60. The molecule has 0 amide bonds. The Labute approximate surface area is 105 Å². The normalized spacial score (nSPS) is 10.7. The summed E-state index contributed by atoms with van der Waals surface area (Å²) in [5, 5.41) is 9.11. The van der Waals surface area contributed by atoms with E-state index in [1.54, 1.807) is 18.3 Å². The Bertz CT molecular complexity index is 589.